The maximum Gasteiger partial charge on any atom is 0.349 e. The lowest BCUT2D eigenvalue weighted by molar-refractivity contribution is -0.143. The summed E-state index contributed by atoms with van der Waals surface area (Å²) in [4.78, 5) is 31.0. The molecule has 2 unspecified atom stereocenters. The van der Waals surface area contributed by atoms with Crippen LogP contribution in [-0.4, -0.2) is 33.2 Å². The van der Waals surface area contributed by atoms with Crippen molar-refractivity contribution in [2.45, 2.75) is 24.9 Å². The monoisotopic (exact) mass is 404 g/mol. The van der Waals surface area contributed by atoms with Gasteiger partial charge in [0.25, 0.3) is 7.37 Å². The number of halogens is 5. The van der Waals surface area contributed by atoms with E-state index in [1.165, 1.54) is 0 Å². The smallest absolute Gasteiger partial charge is 0.349 e. The Labute approximate surface area is 143 Å². The Kier molecular flexibility index (Phi) is 6.89. The molecule has 0 radical (unpaired) electrons. The zero-order chi connectivity index (χ0) is 20.3. The van der Waals surface area contributed by atoms with Gasteiger partial charge in [0.15, 0.2) is 17.5 Å². The number of alkyl halides is 2. The minimum absolute atomic E-state index is 0.121. The Morgan fingerprint density at radius 1 is 1.08 bits per heavy atom. The number of aliphatic carboxylic acids is 2. The molecule has 0 spiro atoms. The van der Waals surface area contributed by atoms with Crippen molar-refractivity contribution in [3.05, 3.63) is 35.1 Å². The van der Waals surface area contributed by atoms with Gasteiger partial charge in [0.1, 0.15) is 0 Å². The Balaban J connectivity index is 3.04. The summed E-state index contributed by atoms with van der Waals surface area (Å²) in [7, 11) is -5.59. The fraction of sp³-hybridized carbons (Fsp3) is 0.429. The van der Waals surface area contributed by atoms with Crippen LogP contribution in [0.1, 0.15) is 24.8 Å². The zero-order valence-corrected chi connectivity index (χ0v) is 13.9. The van der Waals surface area contributed by atoms with E-state index in [2.05, 4.69) is 0 Å². The van der Waals surface area contributed by atoms with Crippen molar-refractivity contribution in [3.63, 3.8) is 0 Å². The Bertz CT molecular complexity index is 754. The number of carbonyl (C=O) groups is 2. The van der Waals surface area contributed by atoms with Crippen molar-refractivity contribution in [3.8, 4) is 0 Å². The van der Waals surface area contributed by atoms with E-state index in [-0.39, 0.29) is 12.1 Å². The van der Waals surface area contributed by atoms with E-state index in [4.69, 9.17) is 10.2 Å². The SMILES string of the molecule is O=C(O)CCC(CCP(=O)(O)C(F)(F)c1ccc(F)c(F)c1F)C(=O)O. The van der Waals surface area contributed by atoms with Gasteiger partial charge in [0.2, 0.25) is 0 Å². The summed E-state index contributed by atoms with van der Waals surface area (Å²) in [5.41, 5.74) is -6.64. The topological polar surface area (TPSA) is 112 Å². The highest BCUT2D eigenvalue weighted by atomic mass is 31.2. The molecule has 0 aromatic heterocycles. The van der Waals surface area contributed by atoms with Crippen LogP contribution < -0.4 is 0 Å². The Morgan fingerprint density at radius 3 is 2.15 bits per heavy atom. The van der Waals surface area contributed by atoms with E-state index in [0.717, 1.165) is 0 Å². The minimum Gasteiger partial charge on any atom is -0.481 e. The maximum absolute atomic E-state index is 14.2. The maximum atomic E-state index is 14.2. The fourth-order valence-electron chi connectivity index (χ4n) is 2.11. The molecule has 0 amide bonds. The van der Waals surface area contributed by atoms with Crippen molar-refractivity contribution in [2.75, 3.05) is 6.16 Å². The summed E-state index contributed by atoms with van der Waals surface area (Å²) in [6.45, 7) is 0. The molecule has 0 saturated heterocycles. The van der Waals surface area contributed by atoms with Crippen LogP contribution in [0.4, 0.5) is 22.0 Å². The summed E-state index contributed by atoms with van der Waals surface area (Å²) in [6.07, 6.45) is -3.18. The van der Waals surface area contributed by atoms with E-state index in [1.807, 2.05) is 0 Å². The molecule has 1 rings (SSSR count). The van der Waals surface area contributed by atoms with Gasteiger partial charge in [-0.25, -0.2) is 13.2 Å². The van der Waals surface area contributed by atoms with Crippen LogP contribution in [0.2, 0.25) is 0 Å². The molecule has 1 aromatic carbocycles. The molecule has 12 heteroatoms. The number of carboxylic acid groups (broad SMARTS) is 2. The first kappa shape index (κ1) is 22.0. The molecule has 0 saturated carbocycles. The first-order valence-electron chi connectivity index (χ1n) is 7.09. The summed E-state index contributed by atoms with van der Waals surface area (Å²) in [5, 5.41) is 17.4. The lowest BCUT2D eigenvalue weighted by Crippen LogP contribution is -2.22. The van der Waals surface area contributed by atoms with Crippen LogP contribution in [0.25, 0.3) is 0 Å². The second kappa shape index (κ2) is 8.13. The van der Waals surface area contributed by atoms with Crippen LogP contribution in [0, 0.1) is 23.4 Å². The van der Waals surface area contributed by atoms with Gasteiger partial charge in [0, 0.05) is 12.6 Å². The molecule has 1 aromatic rings. The molecule has 26 heavy (non-hydrogen) atoms. The molecule has 146 valence electrons. The fourth-order valence-corrected chi connectivity index (χ4v) is 3.60. The highest BCUT2D eigenvalue weighted by Crippen LogP contribution is 2.63. The van der Waals surface area contributed by atoms with Gasteiger partial charge in [-0.15, -0.1) is 0 Å². The van der Waals surface area contributed by atoms with Crippen LogP contribution in [0.5, 0.6) is 0 Å². The summed E-state index contributed by atoms with van der Waals surface area (Å²) in [6, 6.07) is 0.282. The first-order chi connectivity index (χ1) is 11.8. The van der Waals surface area contributed by atoms with Crippen LogP contribution in [-0.2, 0) is 19.8 Å². The van der Waals surface area contributed by atoms with Crippen molar-refractivity contribution in [2.24, 2.45) is 5.92 Å². The summed E-state index contributed by atoms with van der Waals surface area (Å²) < 4.78 is 79.8. The van der Waals surface area contributed by atoms with Crippen molar-refractivity contribution in [1.29, 1.82) is 0 Å². The van der Waals surface area contributed by atoms with Crippen molar-refractivity contribution >= 4 is 19.3 Å². The first-order valence-corrected chi connectivity index (χ1v) is 8.94. The standard InChI is InChI=1S/C14H14F5O6P/c15-9-3-2-8(11(16)12(9)17)14(18,19)26(24,25)6-5-7(13(22)23)1-4-10(20)21/h2-3,7H,1,4-6H2,(H,20,21)(H,22,23)(H,24,25). The molecule has 3 N–H and O–H groups in total. The van der Waals surface area contributed by atoms with Crippen molar-refractivity contribution in [1.82, 2.24) is 0 Å². The number of carboxylic acids is 2. The third-order valence-electron chi connectivity index (χ3n) is 3.63. The van der Waals surface area contributed by atoms with Gasteiger partial charge in [0.05, 0.1) is 11.5 Å². The third-order valence-corrected chi connectivity index (χ3v) is 5.62. The lowest BCUT2D eigenvalue weighted by Gasteiger charge is -2.24. The number of benzene rings is 1. The van der Waals surface area contributed by atoms with Crippen LogP contribution in [0.3, 0.4) is 0 Å². The second-order valence-electron chi connectivity index (χ2n) is 5.45. The molecule has 2 atom stereocenters. The quantitative estimate of drug-likeness (QED) is 0.331. The predicted octanol–water partition coefficient (Wildman–Crippen LogP) is 3.38. The van der Waals surface area contributed by atoms with Crippen molar-refractivity contribution < 1.29 is 51.2 Å². The van der Waals surface area contributed by atoms with Gasteiger partial charge < -0.3 is 15.1 Å². The molecule has 6 nitrogen and oxygen atoms in total. The molecule has 0 fully saturated rings. The number of rotatable bonds is 9. The largest absolute Gasteiger partial charge is 0.481 e. The van der Waals surface area contributed by atoms with Gasteiger partial charge in [-0.1, -0.05) is 0 Å². The average molecular weight is 404 g/mol. The molecule has 0 aliphatic carbocycles. The Morgan fingerprint density at radius 2 is 1.65 bits per heavy atom. The molecule has 0 bridgehead atoms. The molecule has 0 heterocycles. The van der Waals surface area contributed by atoms with Crippen LogP contribution in [0.15, 0.2) is 12.1 Å². The van der Waals surface area contributed by atoms with E-state index >= 15 is 0 Å². The summed E-state index contributed by atoms with van der Waals surface area (Å²) >= 11 is 0. The highest BCUT2D eigenvalue weighted by Gasteiger charge is 2.52. The number of hydrogen-bond donors (Lipinski definition) is 3. The third kappa shape index (κ3) is 4.79. The van der Waals surface area contributed by atoms with E-state index in [1.54, 1.807) is 0 Å². The molecular weight excluding hydrogens is 390 g/mol. The predicted molar refractivity (Wildman–Crippen MR) is 77.5 cm³/mol. The second-order valence-corrected chi connectivity index (χ2v) is 7.86. The van der Waals surface area contributed by atoms with E-state index < -0.39 is 79.3 Å². The normalized spacial score (nSPS) is 15.3. The summed E-state index contributed by atoms with van der Waals surface area (Å²) in [5.74, 6) is -10.8. The van der Waals surface area contributed by atoms with E-state index in [0.29, 0.717) is 0 Å². The zero-order valence-electron chi connectivity index (χ0n) is 13.0. The average Bonchev–Trinajstić information content (AvgIpc) is 2.51. The highest BCUT2D eigenvalue weighted by molar-refractivity contribution is 7.58. The minimum atomic E-state index is -5.59. The molecule has 0 aliphatic heterocycles. The molecular formula is C14H14F5O6P. The van der Waals surface area contributed by atoms with Crippen LogP contribution >= 0.6 is 7.37 Å². The molecule has 0 aliphatic rings. The van der Waals surface area contributed by atoms with Gasteiger partial charge in [-0.05, 0) is 25.0 Å². The number of hydrogen-bond acceptors (Lipinski definition) is 3. The lowest BCUT2D eigenvalue weighted by atomic mass is 10.0. The Hall–Kier alpha value is -2.00. The van der Waals surface area contributed by atoms with Gasteiger partial charge >= 0.3 is 17.6 Å². The van der Waals surface area contributed by atoms with E-state index in [9.17, 15) is 41.0 Å². The van der Waals surface area contributed by atoms with Gasteiger partial charge in [-0.2, -0.15) is 8.78 Å². The van der Waals surface area contributed by atoms with Gasteiger partial charge in [-0.3, -0.25) is 14.2 Å².